The van der Waals surface area contributed by atoms with Crippen LogP contribution in [-0.4, -0.2) is 26.4 Å². The Balaban J connectivity index is 5.32. The summed E-state index contributed by atoms with van der Waals surface area (Å²) in [5.41, 5.74) is -4.98. The molecule has 0 spiro atoms. The van der Waals surface area contributed by atoms with Gasteiger partial charge >= 0.3 is 0 Å². The topological polar surface area (TPSA) is 36.9 Å². The molecule has 0 saturated carbocycles. The first kappa shape index (κ1) is 47.9. The van der Waals surface area contributed by atoms with E-state index in [4.69, 9.17) is 41.7 Å². The molecule has 0 aliphatic heterocycles. The predicted molar refractivity (Wildman–Crippen MR) is 224 cm³/mol. The summed E-state index contributed by atoms with van der Waals surface area (Å²) in [6, 6.07) is 0. The van der Waals surface area contributed by atoms with Crippen LogP contribution in [0.4, 0.5) is 0 Å². The molecule has 0 aromatic carbocycles. The predicted octanol–water partition coefficient (Wildman–Crippen LogP) is 15.7. The Hall–Kier alpha value is 2.89. The largest absolute Gasteiger partial charge is 0.321 e. The molecule has 4 atom stereocenters. The molecule has 45 heavy (non-hydrogen) atoms. The minimum atomic E-state index is -2.49. The third-order valence-corrected chi connectivity index (χ3v) is 30.1. The number of unbranched alkanes of at least 4 members (excludes halogenated alkanes) is 4. The normalized spacial score (nSPS) is 17.4. The summed E-state index contributed by atoms with van der Waals surface area (Å²) in [6.07, 6.45) is 19.0. The van der Waals surface area contributed by atoms with Gasteiger partial charge in [-0.25, -0.2) is 0 Å². The van der Waals surface area contributed by atoms with Gasteiger partial charge in [0.05, 0.1) is 26.4 Å². The van der Waals surface area contributed by atoms with Gasteiger partial charge in [-0.15, -0.1) is 0 Å². The lowest BCUT2D eigenvalue weighted by Gasteiger charge is -2.26. The fourth-order valence-electron chi connectivity index (χ4n) is 4.65. The van der Waals surface area contributed by atoms with Gasteiger partial charge in [0.2, 0.25) is 0 Å². The number of rotatable bonds is 34. The number of hydrogen-bond donors (Lipinski definition) is 0. The van der Waals surface area contributed by atoms with Crippen molar-refractivity contribution in [3.05, 3.63) is 0 Å². The van der Waals surface area contributed by atoms with Crippen LogP contribution < -0.4 is 0 Å². The molecule has 0 aliphatic carbocycles. The molecular formula is C32H68O4P2S7. The molecule has 0 aliphatic rings. The van der Waals surface area contributed by atoms with Gasteiger partial charge in [-0.1, -0.05) is 132 Å². The molecular weight excluding hydrogens is 735 g/mol. The fraction of sp³-hybridized carbons (Fsp3) is 1.00. The van der Waals surface area contributed by atoms with Gasteiger partial charge in [-0.2, -0.15) is 0 Å². The molecule has 0 fully saturated rings. The van der Waals surface area contributed by atoms with Crippen molar-refractivity contribution in [1.82, 2.24) is 0 Å². The minimum Gasteiger partial charge on any atom is -0.321 e. The van der Waals surface area contributed by atoms with Gasteiger partial charge < -0.3 is 18.1 Å². The Morgan fingerprint density at radius 2 is 0.667 bits per heavy atom. The Morgan fingerprint density at radius 1 is 0.422 bits per heavy atom. The fourth-order valence-corrected chi connectivity index (χ4v) is 28.8. The highest BCUT2D eigenvalue weighted by Gasteiger charge is 2.27. The monoisotopic (exact) mass is 802 g/mol. The first-order chi connectivity index (χ1) is 21.7. The van der Waals surface area contributed by atoms with Crippen molar-refractivity contribution in [3.63, 3.8) is 0 Å². The standard InChI is InChI=1S/C32H68O4P2S7/c1-9-17-21-29(13-5)25-33-37(39,34-26-30(14-6)22-18-10-2)41-43-45-44-42-38(40,35-27-31(15-7)23-19-11-3)36-28-32(16-8)24-20-12-4/h29-32H,9-28H2,1-8H3. The molecule has 0 radical (unpaired) electrons. The molecule has 4 nitrogen and oxygen atoms in total. The van der Waals surface area contributed by atoms with Crippen LogP contribution in [0.3, 0.4) is 0 Å². The van der Waals surface area contributed by atoms with Crippen molar-refractivity contribution in [1.29, 1.82) is 0 Å². The Labute approximate surface area is 309 Å². The highest BCUT2D eigenvalue weighted by Crippen LogP contribution is 2.74. The molecule has 0 heterocycles. The maximum absolute atomic E-state index is 6.50. The molecule has 0 amide bonds. The first-order valence-corrected chi connectivity index (χ1v) is 30.5. The van der Waals surface area contributed by atoms with Crippen LogP contribution >= 0.6 is 61.7 Å². The Bertz CT molecular complexity index is 661. The van der Waals surface area contributed by atoms with E-state index in [0.29, 0.717) is 50.1 Å². The van der Waals surface area contributed by atoms with E-state index in [9.17, 15) is 0 Å². The lowest BCUT2D eigenvalue weighted by atomic mass is 10.0. The van der Waals surface area contributed by atoms with Crippen molar-refractivity contribution in [2.75, 3.05) is 26.4 Å². The maximum atomic E-state index is 6.50. The third kappa shape index (κ3) is 25.5. The van der Waals surface area contributed by atoms with E-state index in [1.54, 1.807) is 50.3 Å². The molecule has 0 bridgehead atoms. The van der Waals surface area contributed by atoms with Crippen LogP contribution in [0.2, 0.25) is 0 Å². The minimum absolute atomic E-state index is 0.537. The SMILES string of the molecule is CCCCC(CC)COP(=S)(OCC(CC)CCCC)SSSSSP(=S)(OCC(CC)CCCC)OCC(CC)CCCC. The molecule has 4 unspecified atom stereocenters. The zero-order valence-electron chi connectivity index (χ0n) is 29.8. The summed E-state index contributed by atoms with van der Waals surface area (Å²) >= 11 is 12.3. The Morgan fingerprint density at radius 3 is 0.867 bits per heavy atom. The molecule has 0 aromatic heterocycles. The van der Waals surface area contributed by atoms with Crippen molar-refractivity contribution < 1.29 is 18.1 Å². The van der Waals surface area contributed by atoms with Gasteiger partial charge in [-0.3, -0.25) is 0 Å². The lowest BCUT2D eigenvalue weighted by Crippen LogP contribution is -2.11. The highest BCUT2D eigenvalue weighted by atomic mass is 33.9. The van der Waals surface area contributed by atoms with Gasteiger partial charge in [0.15, 0.2) is 0 Å². The summed E-state index contributed by atoms with van der Waals surface area (Å²) < 4.78 is 26.0. The first-order valence-electron chi connectivity index (χ1n) is 17.8. The number of hydrogen-bond acceptors (Lipinski definition) is 11. The summed E-state index contributed by atoms with van der Waals surface area (Å²) in [5.74, 6) is 2.15. The lowest BCUT2D eigenvalue weighted by molar-refractivity contribution is 0.188. The van der Waals surface area contributed by atoms with E-state index in [0.717, 1.165) is 25.7 Å². The zero-order chi connectivity index (χ0) is 33.8. The van der Waals surface area contributed by atoms with Crippen LogP contribution in [0, 0.1) is 23.7 Å². The summed E-state index contributed by atoms with van der Waals surface area (Å²) in [7, 11) is 8.24. The average Bonchev–Trinajstić information content (AvgIpc) is 3.05. The quantitative estimate of drug-likeness (QED) is 0.0355. The second-order valence-electron chi connectivity index (χ2n) is 12.1. The van der Waals surface area contributed by atoms with E-state index >= 15 is 0 Å². The van der Waals surface area contributed by atoms with Crippen LogP contribution in [0.5, 0.6) is 0 Å². The molecule has 0 N–H and O–H groups in total. The molecule has 0 aromatic rings. The van der Waals surface area contributed by atoms with Crippen molar-refractivity contribution in [2.45, 2.75) is 158 Å². The van der Waals surface area contributed by atoms with E-state index < -0.39 is 11.4 Å². The van der Waals surface area contributed by atoms with E-state index in [1.807, 2.05) is 0 Å². The van der Waals surface area contributed by atoms with Crippen LogP contribution in [-0.2, 0) is 41.7 Å². The van der Waals surface area contributed by atoms with Crippen LogP contribution in [0.1, 0.15) is 158 Å². The highest BCUT2D eigenvalue weighted by molar-refractivity contribution is 9.43. The summed E-state index contributed by atoms with van der Waals surface area (Å²) in [6.45, 7) is 20.8. The van der Waals surface area contributed by atoms with Crippen molar-refractivity contribution in [2.24, 2.45) is 23.7 Å². The van der Waals surface area contributed by atoms with E-state index in [1.165, 1.54) is 77.0 Å². The van der Waals surface area contributed by atoms with E-state index in [2.05, 4.69) is 55.4 Å². The molecule has 13 heteroatoms. The summed E-state index contributed by atoms with van der Waals surface area (Å²) in [4.78, 5) is 0. The van der Waals surface area contributed by atoms with Gasteiger partial charge in [-0.05, 0) is 102 Å². The average molecular weight is 803 g/mol. The van der Waals surface area contributed by atoms with Crippen molar-refractivity contribution >= 4 is 85.3 Å². The van der Waals surface area contributed by atoms with Gasteiger partial charge in [0, 0.05) is 20.8 Å². The van der Waals surface area contributed by atoms with Crippen LogP contribution in [0.25, 0.3) is 0 Å². The van der Waals surface area contributed by atoms with Gasteiger partial charge in [0.25, 0.3) is 11.4 Å². The molecule has 0 rings (SSSR count). The van der Waals surface area contributed by atoms with Gasteiger partial charge in [0.1, 0.15) is 0 Å². The smallest absolute Gasteiger partial charge is 0.258 e. The van der Waals surface area contributed by atoms with Crippen LogP contribution in [0.15, 0.2) is 0 Å². The third-order valence-electron chi connectivity index (χ3n) is 8.35. The molecule has 272 valence electrons. The second kappa shape index (κ2) is 31.6. The second-order valence-corrected chi connectivity index (χ2v) is 31.3. The summed E-state index contributed by atoms with van der Waals surface area (Å²) in [5, 5.41) is 0. The zero-order valence-corrected chi connectivity index (χ0v) is 37.3. The van der Waals surface area contributed by atoms with Crippen molar-refractivity contribution in [3.8, 4) is 0 Å². The Kier molecular flexibility index (Phi) is 33.6. The van der Waals surface area contributed by atoms with E-state index in [-0.39, 0.29) is 0 Å². The molecule has 0 saturated heterocycles. The maximum Gasteiger partial charge on any atom is 0.258 e.